The van der Waals surface area contributed by atoms with E-state index in [0.717, 1.165) is 16.3 Å². The molecule has 1 heterocycles. The van der Waals surface area contributed by atoms with E-state index in [1.54, 1.807) is 10.3 Å². The fourth-order valence-corrected chi connectivity index (χ4v) is 2.94. The Kier molecular flexibility index (Phi) is 6.49. The van der Waals surface area contributed by atoms with Crippen molar-refractivity contribution in [3.63, 3.8) is 0 Å². The molecule has 6 heteroatoms. The summed E-state index contributed by atoms with van der Waals surface area (Å²) in [6.07, 6.45) is 0. The topological polar surface area (TPSA) is 59.2 Å². The van der Waals surface area contributed by atoms with Gasteiger partial charge in [-0.1, -0.05) is 48.5 Å². The fraction of sp³-hybridized carbons (Fsp3) is 0.111. The predicted molar refractivity (Wildman–Crippen MR) is 101 cm³/mol. The minimum absolute atomic E-state index is 0. The van der Waals surface area contributed by atoms with Crippen LogP contribution in [0.3, 0.4) is 0 Å². The molecule has 124 valence electrons. The number of nitrogens with two attached hydrogens (primary N) is 1. The van der Waals surface area contributed by atoms with Gasteiger partial charge in [0.05, 0.1) is 6.54 Å². The molecule has 2 aromatic carbocycles. The smallest absolute Gasteiger partial charge is 0.278 e. The van der Waals surface area contributed by atoms with Gasteiger partial charge in [-0.3, -0.25) is 4.79 Å². The fourth-order valence-electron chi connectivity index (χ4n) is 2.30. The van der Waals surface area contributed by atoms with Crippen LogP contribution in [-0.2, 0) is 13.1 Å². The molecule has 0 atom stereocenters. The Labute approximate surface area is 151 Å². The van der Waals surface area contributed by atoms with Crippen LogP contribution >= 0.6 is 23.7 Å². The van der Waals surface area contributed by atoms with Crippen LogP contribution in [0, 0.1) is 0 Å². The first-order valence-electron chi connectivity index (χ1n) is 7.33. The maximum atomic E-state index is 12.9. The van der Waals surface area contributed by atoms with E-state index in [0.29, 0.717) is 18.8 Å². The normalized spacial score (nSPS) is 10.0. The second-order valence-electron chi connectivity index (χ2n) is 5.04. The third-order valence-electron chi connectivity index (χ3n) is 3.44. The number of para-hydroxylation sites is 1. The summed E-state index contributed by atoms with van der Waals surface area (Å²) in [5.74, 6) is -0.115. The van der Waals surface area contributed by atoms with Gasteiger partial charge in [-0.2, -0.15) is 0 Å². The molecular weight excluding hydrogens is 342 g/mol. The summed E-state index contributed by atoms with van der Waals surface area (Å²) < 4.78 is 0. The zero-order chi connectivity index (χ0) is 16.1. The predicted octanol–water partition coefficient (Wildman–Crippen LogP) is 3.87. The number of carbonyl (C=O) groups excluding carboxylic acids is 1. The summed E-state index contributed by atoms with van der Waals surface area (Å²) in [6, 6.07) is 19.6. The third-order valence-corrected chi connectivity index (χ3v) is 4.31. The van der Waals surface area contributed by atoms with Gasteiger partial charge in [-0.05, 0) is 17.7 Å². The number of anilines is 1. The maximum absolute atomic E-state index is 12.9. The molecule has 1 aromatic heterocycles. The summed E-state index contributed by atoms with van der Waals surface area (Å²) >= 11 is 1.41. The first-order chi connectivity index (χ1) is 11.3. The number of benzene rings is 2. The lowest BCUT2D eigenvalue weighted by atomic mass is 10.2. The molecule has 0 aliphatic rings. The number of aromatic nitrogens is 1. The zero-order valence-electron chi connectivity index (χ0n) is 13.0. The lowest BCUT2D eigenvalue weighted by Gasteiger charge is -2.22. The summed E-state index contributed by atoms with van der Waals surface area (Å²) in [7, 11) is 0. The van der Waals surface area contributed by atoms with Crippen LogP contribution in [0.2, 0.25) is 0 Å². The average Bonchev–Trinajstić information content (AvgIpc) is 3.10. The number of nitrogens with zero attached hydrogens (tertiary/aromatic N) is 2. The Morgan fingerprint density at radius 2 is 1.67 bits per heavy atom. The van der Waals surface area contributed by atoms with Crippen LogP contribution < -0.4 is 10.6 Å². The molecule has 0 unspecified atom stereocenters. The lowest BCUT2D eigenvalue weighted by molar-refractivity contribution is 0.0981. The van der Waals surface area contributed by atoms with Crippen LogP contribution in [0.5, 0.6) is 0 Å². The number of halogens is 1. The maximum Gasteiger partial charge on any atom is 0.278 e. The van der Waals surface area contributed by atoms with Crippen LogP contribution in [0.1, 0.15) is 21.1 Å². The molecule has 1 amide bonds. The SMILES string of the molecule is Cl.NCc1nc(C(=O)N(Cc2ccccc2)c2ccccc2)cs1. The van der Waals surface area contributed by atoms with Crippen molar-refractivity contribution in [3.8, 4) is 0 Å². The van der Waals surface area contributed by atoms with Gasteiger partial charge >= 0.3 is 0 Å². The van der Waals surface area contributed by atoms with E-state index in [9.17, 15) is 4.79 Å². The number of amides is 1. The molecular formula is C18H18ClN3OS. The Morgan fingerprint density at radius 1 is 1.04 bits per heavy atom. The molecule has 2 N–H and O–H groups in total. The van der Waals surface area contributed by atoms with Crippen molar-refractivity contribution in [3.05, 3.63) is 82.3 Å². The number of hydrogen-bond donors (Lipinski definition) is 1. The second-order valence-corrected chi connectivity index (χ2v) is 5.99. The van der Waals surface area contributed by atoms with E-state index >= 15 is 0 Å². The lowest BCUT2D eigenvalue weighted by Crippen LogP contribution is -2.30. The quantitative estimate of drug-likeness (QED) is 0.752. The minimum Gasteiger partial charge on any atom is -0.325 e. The van der Waals surface area contributed by atoms with E-state index in [2.05, 4.69) is 4.98 Å². The highest BCUT2D eigenvalue weighted by molar-refractivity contribution is 7.09. The first-order valence-corrected chi connectivity index (χ1v) is 8.21. The number of rotatable bonds is 5. The first kappa shape index (κ1) is 18.1. The second kappa shape index (κ2) is 8.59. The molecule has 0 aliphatic heterocycles. The van der Waals surface area contributed by atoms with Gasteiger partial charge < -0.3 is 10.6 Å². The molecule has 0 radical (unpaired) electrons. The highest BCUT2D eigenvalue weighted by Gasteiger charge is 2.20. The van der Waals surface area contributed by atoms with Crippen molar-refractivity contribution in [2.75, 3.05) is 4.90 Å². The molecule has 0 aliphatic carbocycles. The molecule has 24 heavy (non-hydrogen) atoms. The van der Waals surface area contributed by atoms with Crippen molar-refractivity contribution in [2.24, 2.45) is 5.73 Å². The van der Waals surface area contributed by atoms with E-state index in [-0.39, 0.29) is 18.3 Å². The summed E-state index contributed by atoms with van der Waals surface area (Å²) in [6.45, 7) is 0.848. The Balaban J connectivity index is 0.00000208. The van der Waals surface area contributed by atoms with E-state index in [1.165, 1.54) is 11.3 Å². The Bertz CT molecular complexity index is 777. The molecule has 0 spiro atoms. The summed E-state index contributed by atoms with van der Waals surface area (Å²) in [4.78, 5) is 19.0. The monoisotopic (exact) mass is 359 g/mol. The number of hydrogen-bond acceptors (Lipinski definition) is 4. The van der Waals surface area contributed by atoms with Gasteiger partial charge in [0.15, 0.2) is 0 Å². The zero-order valence-corrected chi connectivity index (χ0v) is 14.6. The number of thiazole rings is 1. The van der Waals surface area contributed by atoms with E-state index in [4.69, 9.17) is 5.73 Å². The van der Waals surface area contributed by atoms with Crippen LogP contribution in [0.4, 0.5) is 5.69 Å². The van der Waals surface area contributed by atoms with Gasteiger partial charge in [0.2, 0.25) is 0 Å². The molecule has 0 bridgehead atoms. The van der Waals surface area contributed by atoms with Crippen LogP contribution in [0.15, 0.2) is 66.0 Å². The van der Waals surface area contributed by atoms with Gasteiger partial charge in [-0.15, -0.1) is 23.7 Å². The molecule has 4 nitrogen and oxygen atoms in total. The van der Waals surface area contributed by atoms with E-state index < -0.39 is 0 Å². The standard InChI is InChI=1S/C18H17N3OS.ClH/c19-11-17-20-16(13-23-17)18(22)21(15-9-5-2-6-10-15)12-14-7-3-1-4-8-14;/h1-10,13H,11-12,19H2;1H. The molecule has 0 fully saturated rings. The summed E-state index contributed by atoms with van der Waals surface area (Å²) in [5.41, 5.74) is 7.96. The van der Waals surface area contributed by atoms with Gasteiger partial charge in [0.1, 0.15) is 10.7 Å². The highest BCUT2D eigenvalue weighted by Crippen LogP contribution is 2.21. The molecule has 3 aromatic rings. The minimum atomic E-state index is -0.115. The van der Waals surface area contributed by atoms with Crippen molar-refractivity contribution in [1.29, 1.82) is 0 Å². The van der Waals surface area contributed by atoms with Crippen molar-refractivity contribution in [1.82, 2.24) is 4.98 Å². The van der Waals surface area contributed by atoms with Crippen LogP contribution in [0.25, 0.3) is 0 Å². The molecule has 0 saturated heterocycles. The average molecular weight is 360 g/mol. The highest BCUT2D eigenvalue weighted by atomic mass is 35.5. The van der Waals surface area contributed by atoms with E-state index in [1.807, 2.05) is 60.7 Å². The van der Waals surface area contributed by atoms with Gasteiger partial charge in [-0.25, -0.2) is 4.98 Å². The van der Waals surface area contributed by atoms with Crippen molar-refractivity contribution < 1.29 is 4.79 Å². The number of carbonyl (C=O) groups is 1. The van der Waals surface area contributed by atoms with Crippen molar-refractivity contribution >= 4 is 35.3 Å². The Hall–Kier alpha value is -2.21. The third kappa shape index (κ3) is 4.20. The summed E-state index contributed by atoms with van der Waals surface area (Å²) in [5, 5.41) is 2.53. The molecule has 0 saturated carbocycles. The van der Waals surface area contributed by atoms with Crippen molar-refractivity contribution in [2.45, 2.75) is 13.1 Å². The largest absolute Gasteiger partial charge is 0.325 e. The Morgan fingerprint density at radius 3 is 2.25 bits per heavy atom. The van der Waals surface area contributed by atoms with Gasteiger partial charge in [0, 0.05) is 17.6 Å². The van der Waals surface area contributed by atoms with Crippen LogP contribution in [-0.4, -0.2) is 10.9 Å². The van der Waals surface area contributed by atoms with Gasteiger partial charge in [0.25, 0.3) is 5.91 Å². The molecule has 3 rings (SSSR count).